The monoisotopic (exact) mass is 567 g/mol. The normalized spacial score (nSPS) is 15.6. The molecule has 0 nitrogen and oxygen atoms in total. The van der Waals surface area contributed by atoms with Crippen molar-refractivity contribution in [2.75, 3.05) is 0 Å². The van der Waals surface area contributed by atoms with Crippen molar-refractivity contribution in [2.45, 2.75) is 70.4 Å². The van der Waals surface area contributed by atoms with E-state index in [1.54, 1.807) is 18.9 Å². The average molecular weight is 568 g/mol. The minimum absolute atomic E-state index is 0. The maximum absolute atomic E-state index is 2.85. The molecule has 0 radical (unpaired) electrons. The first kappa shape index (κ1) is 29.9. The first-order valence-electron chi connectivity index (χ1n) is 13.1. The van der Waals surface area contributed by atoms with Gasteiger partial charge >= 0.3 is 216 Å². The van der Waals surface area contributed by atoms with Gasteiger partial charge in [-0.05, 0) is 0 Å². The zero-order valence-electron chi connectivity index (χ0n) is 23.3. The van der Waals surface area contributed by atoms with E-state index in [0.29, 0.717) is 0 Å². The molecule has 2 aliphatic carbocycles. The van der Waals surface area contributed by atoms with Gasteiger partial charge in [-0.2, -0.15) is 0 Å². The maximum atomic E-state index is 2.70. The molecule has 0 saturated heterocycles. The second-order valence-electron chi connectivity index (χ2n) is 12.6. The largest absolute Gasteiger partial charge is 0.147 e. The average Bonchev–Trinajstić information content (AvgIpc) is 3.46. The van der Waals surface area contributed by atoms with Gasteiger partial charge in [0.15, 0.2) is 0 Å². The summed E-state index contributed by atoms with van der Waals surface area (Å²) in [7, 11) is 0. The van der Waals surface area contributed by atoms with Gasteiger partial charge in [0.05, 0.1) is 0 Å². The van der Waals surface area contributed by atoms with Crippen LogP contribution >= 0.6 is 24.8 Å². The van der Waals surface area contributed by atoms with Crippen molar-refractivity contribution in [2.24, 2.45) is 0 Å². The maximum Gasteiger partial charge on any atom is -0.147 e. The summed E-state index contributed by atoms with van der Waals surface area (Å²) in [5, 5.41) is 2.64. The van der Waals surface area contributed by atoms with Crippen molar-refractivity contribution in [3.63, 3.8) is 0 Å². The second kappa shape index (κ2) is 10.8. The van der Waals surface area contributed by atoms with Gasteiger partial charge in [-0.15, -0.1) is 24.8 Å². The quantitative estimate of drug-likeness (QED) is 0.216. The number of allylic oxidation sites excluding steroid dienone is 4. The molecular weight excluding hydrogens is 527 g/mol. The van der Waals surface area contributed by atoms with Gasteiger partial charge in [0, 0.05) is 0 Å². The molecule has 0 aromatic heterocycles. The smallest absolute Gasteiger partial charge is 0.147 e. The van der Waals surface area contributed by atoms with Crippen molar-refractivity contribution in [1.82, 2.24) is 0 Å². The molecule has 1 unspecified atom stereocenters. The number of benzene rings is 3. The van der Waals surface area contributed by atoms with Gasteiger partial charge in [0.25, 0.3) is 0 Å². The molecule has 3 heteroatoms. The third-order valence-corrected chi connectivity index (χ3v) is 14.6. The summed E-state index contributed by atoms with van der Waals surface area (Å²) in [5.74, 6) is 0. The Balaban J connectivity index is 0.00000190. The van der Waals surface area contributed by atoms with Crippen molar-refractivity contribution in [3.05, 3.63) is 111 Å². The molecule has 0 heterocycles. The van der Waals surface area contributed by atoms with Crippen LogP contribution in [0.2, 0.25) is 5.23 Å². The molecule has 3 aromatic carbocycles. The van der Waals surface area contributed by atoms with Crippen molar-refractivity contribution in [3.8, 4) is 11.1 Å². The first-order valence-corrected chi connectivity index (χ1v) is 17.1. The van der Waals surface area contributed by atoms with Gasteiger partial charge in [-0.3, -0.25) is 0 Å². The molecule has 2 aliphatic rings. The van der Waals surface area contributed by atoms with Crippen LogP contribution in [0.25, 0.3) is 11.1 Å². The molecule has 195 valence electrons. The molecule has 0 amide bonds. The van der Waals surface area contributed by atoms with E-state index in [9.17, 15) is 0 Å². The summed E-state index contributed by atoms with van der Waals surface area (Å²) in [6.07, 6.45) is 9.21. The summed E-state index contributed by atoms with van der Waals surface area (Å²) in [5.41, 5.74) is 10.6. The molecule has 3 aromatic rings. The Morgan fingerprint density at radius 1 is 0.784 bits per heavy atom. The number of hydrogen-bond acceptors (Lipinski definition) is 0. The predicted octanol–water partition coefficient (Wildman–Crippen LogP) is 9.22. The SMILES string of the molecule is CC(C)(C)c1ccc2c(c1)Cc1c-2ccc(C(C)(C)C)[c]1[Ti]([CH3])(=[CH]c1ccccc1)[C]1=CC=CC1.Cl.Cl. The van der Waals surface area contributed by atoms with Crippen LogP contribution in [0.1, 0.15) is 75.8 Å². The third-order valence-electron chi connectivity index (χ3n) is 7.96. The number of fused-ring (bicyclic) bond motifs is 3. The molecular formula is C34H41Cl2Ti. The van der Waals surface area contributed by atoms with Crippen LogP contribution < -0.4 is 3.87 Å². The molecule has 1 atom stereocenters. The molecule has 0 aliphatic heterocycles. The van der Waals surface area contributed by atoms with Gasteiger partial charge in [0.1, 0.15) is 0 Å². The van der Waals surface area contributed by atoms with Gasteiger partial charge in [-0.25, -0.2) is 0 Å². The Bertz CT molecular complexity index is 1410. The summed E-state index contributed by atoms with van der Waals surface area (Å²) in [6.45, 7) is 14.1. The Morgan fingerprint density at radius 2 is 1.46 bits per heavy atom. The van der Waals surface area contributed by atoms with Crippen LogP contribution in [0.3, 0.4) is 0 Å². The fourth-order valence-electron chi connectivity index (χ4n) is 6.00. The minimum atomic E-state index is -2.85. The molecule has 0 fully saturated rings. The summed E-state index contributed by atoms with van der Waals surface area (Å²) < 4.78 is 6.06. The number of rotatable bonds is 3. The van der Waals surface area contributed by atoms with E-state index < -0.39 is 16.1 Å². The second-order valence-corrected chi connectivity index (χ2v) is 18.6. The Kier molecular flexibility index (Phi) is 8.73. The van der Waals surface area contributed by atoms with E-state index in [-0.39, 0.29) is 35.6 Å². The van der Waals surface area contributed by atoms with E-state index in [1.165, 1.54) is 27.8 Å². The van der Waals surface area contributed by atoms with E-state index in [1.807, 2.05) is 0 Å². The van der Waals surface area contributed by atoms with E-state index >= 15 is 0 Å². The number of halogens is 2. The fraction of sp³-hybridized carbons (Fsp3) is 0.324. The van der Waals surface area contributed by atoms with Crippen LogP contribution in [0, 0.1) is 0 Å². The van der Waals surface area contributed by atoms with Crippen LogP contribution in [0.5, 0.6) is 0 Å². The molecule has 5 rings (SSSR count). The third kappa shape index (κ3) is 5.55. The summed E-state index contributed by atoms with van der Waals surface area (Å²) >= 11 is -2.85. The summed E-state index contributed by atoms with van der Waals surface area (Å²) in [4.78, 5) is 0. The van der Waals surface area contributed by atoms with Crippen molar-refractivity contribution >= 4 is 33.0 Å². The summed E-state index contributed by atoms with van der Waals surface area (Å²) in [6, 6.07) is 23.2. The van der Waals surface area contributed by atoms with Crippen LogP contribution in [0.15, 0.2) is 82.8 Å². The Hall–Kier alpha value is -1.70. The van der Waals surface area contributed by atoms with Crippen molar-refractivity contribution < 1.29 is 16.1 Å². The minimum Gasteiger partial charge on any atom is -0.147 e. The van der Waals surface area contributed by atoms with Crippen LogP contribution in [-0.4, -0.2) is 4.31 Å². The van der Waals surface area contributed by atoms with Crippen molar-refractivity contribution in [1.29, 1.82) is 0 Å². The Morgan fingerprint density at radius 3 is 2.05 bits per heavy atom. The predicted molar refractivity (Wildman–Crippen MR) is 166 cm³/mol. The van der Waals surface area contributed by atoms with E-state index in [0.717, 1.165) is 12.8 Å². The molecule has 0 bridgehead atoms. The first-order chi connectivity index (χ1) is 16.5. The van der Waals surface area contributed by atoms with E-state index in [4.69, 9.17) is 0 Å². The molecule has 37 heavy (non-hydrogen) atoms. The zero-order chi connectivity index (χ0) is 25.0. The standard InChI is InChI=1S/C21H25.C7H6.C5H5.CH3.2ClH.Ti/c1-20(2,3)16-7-9-18-14(12-16)11-15-13-17(21(4,5)6)8-10-19(15)18;1-7-5-3-2-4-6-7;1-2-4-5-3-1;;;;/h7-10,12H,11H2,1-6H3;1-6H;1-3H,4H2;1H3;2*1H;. The van der Waals surface area contributed by atoms with Gasteiger partial charge in [0.2, 0.25) is 0 Å². The topological polar surface area (TPSA) is 0 Å². The molecule has 0 saturated carbocycles. The van der Waals surface area contributed by atoms with E-state index in [2.05, 4.69) is 130 Å². The van der Waals surface area contributed by atoms with Gasteiger partial charge < -0.3 is 0 Å². The Labute approximate surface area is 240 Å². The number of hydrogen-bond donors (Lipinski definition) is 0. The fourth-order valence-corrected chi connectivity index (χ4v) is 12.8. The molecule has 0 N–H and O–H groups in total. The molecule has 0 spiro atoms. The zero-order valence-corrected chi connectivity index (χ0v) is 26.5. The van der Waals surface area contributed by atoms with Crippen LogP contribution in [-0.2, 0) is 33.4 Å². The van der Waals surface area contributed by atoms with Gasteiger partial charge in [-0.1, -0.05) is 0 Å². The van der Waals surface area contributed by atoms with Crippen LogP contribution in [0.4, 0.5) is 0 Å².